The Labute approximate surface area is 103 Å². The summed E-state index contributed by atoms with van der Waals surface area (Å²) in [5.74, 6) is -0.297. The summed E-state index contributed by atoms with van der Waals surface area (Å²) in [6.45, 7) is 1.32. The molecule has 1 aromatic heterocycles. The van der Waals surface area contributed by atoms with Crippen LogP contribution in [0.15, 0.2) is 12.4 Å². The second-order valence-corrected chi connectivity index (χ2v) is 4.01. The number of nitrogens with one attached hydrogen (secondary N) is 1. The number of nitrogens with zero attached hydrogens (tertiary/aromatic N) is 3. The molecule has 1 N–H and O–H groups in total. The average molecular weight is 255 g/mol. The van der Waals surface area contributed by atoms with Crippen molar-refractivity contribution < 1.29 is 9.59 Å². The fraction of sp³-hybridized carbons (Fsp3) is 0.400. The van der Waals surface area contributed by atoms with Gasteiger partial charge < -0.3 is 10.2 Å². The second-order valence-electron chi connectivity index (χ2n) is 3.62. The number of hydrogen-bond acceptors (Lipinski definition) is 4. The van der Waals surface area contributed by atoms with Crippen LogP contribution in [0.25, 0.3) is 0 Å². The zero-order valence-corrected chi connectivity index (χ0v) is 9.78. The van der Waals surface area contributed by atoms with E-state index in [4.69, 9.17) is 11.6 Å². The Morgan fingerprint density at radius 2 is 2.24 bits per heavy atom. The molecule has 0 bridgehead atoms. The Morgan fingerprint density at radius 1 is 1.41 bits per heavy atom. The van der Waals surface area contributed by atoms with E-state index in [-0.39, 0.29) is 22.7 Å². The van der Waals surface area contributed by atoms with Crippen LogP contribution in [-0.2, 0) is 4.79 Å². The van der Waals surface area contributed by atoms with Gasteiger partial charge in [-0.05, 0) is 0 Å². The molecular weight excluding hydrogens is 244 g/mol. The van der Waals surface area contributed by atoms with Gasteiger partial charge in [-0.25, -0.2) is 4.98 Å². The highest BCUT2D eigenvalue weighted by molar-refractivity contribution is 6.29. The largest absolute Gasteiger partial charge is 0.354 e. The molecule has 2 amide bonds. The number of rotatable bonds is 1. The molecule has 1 aliphatic rings. The Hall–Kier alpha value is -1.69. The van der Waals surface area contributed by atoms with Crippen LogP contribution in [0.2, 0.25) is 5.15 Å². The zero-order valence-electron chi connectivity index (χ0n) is 9.02. The highest BCUT2D eigenvalue weighted by Crippen LogP contribution is 2.07. The van der Waals surface area contributed by atoms with E-state index >= 15 is 0 Å². The van der Waals surface area contributed by atoms with Crippen molar-refractivity contribution in [1.82, 2.24) is 20.2 Å². The average Bonchev–Trinajstić information content (AvgIpc) is 2.53. The summed E-state index contributed by atoms with van der Waals surface area (Å²) in [5, 5.41) is 2.88. The molecule has 90 valence electrons. The number of carbonyl (C=O) groups excluding carboxylic acids is 2. The molecule has 0 atom stereocenters. The quantitative estimate of drug-likeness (QED) is 0.771. The van der Waals surface area contributed by atoms with Crippen LogP contribution in [-0.4, -0.2) is 46.3 Å². The maximum Gasteiger partial charge on any atom is 0.274 e. The third-order valence-corrected chi connectivity index (χ3v) is 2.61. The van der Waals surface area contributed by atoms with Gasteiger partial charge in [0.1, 0.15) is 10.8 Å². The summed E-state index contributed by atoms with van der Waals surface area (Å²) in [6, 6.07) is 0. The van der Waals surface area contributed by atoms with Gasteiger partial charge in [0, 0.05) is 26.1 Å². The predicted octanol–water partition coefficient (Wildman–Crippen LogP) is 0.0921. The predicted molar refractivity (Wildman–Crippen MR) is 60.6 cm³/mol. The van der Waals surface area contributed by atoms with Crippen LogP contribution in [0.4, 0.5) is 0 Å². The lowest BCUT2D eigenvalue weighted by Crippen LogP contribution is -2.34. The van der Waals surface area contributed by atoms with E-state index < -0.39 is 0 Å². The highest BCUT2D eigenvalue weighted by Gasteiger charge is 2.20. The first kappa shape index (κ1) is 11.8. The molecule has 0 aromatic carbocycles. The summed E-state index contributed by atoms with van der Waals surface area (Å²) in [7, 11) is 0. The van der Waals surface area contributed by atoms with Crippen LogP contribution in [0.5, 0.6) is 0 Å². The molecule has 0 aliphatic carbocycles. The van der Waals surface area contributed by atoms with E-state index in [2.05, 4.69) is 15.3 Å². The summed E-state index contributed by atoms with van der Waals surface area (Å²) >= 11 is 5.67. The van der Waals surface area contributed by atoms with Gasteiger partial charge >= 0.3 is 0 Å². The lowest BCUT2D eigenvalue weighted by molar-refractivity contribution is -0.120. The number of amides is 2. The van der Waals surface area contributed by atoms with Gasteiger partial charge in [0.2, 0.25) is 5.91 Å². The number of aromatic nitrogens is 2. The molecule has 0 saturated carbocycles. The smallest absolute Gasteiger partial charge is 0.274 e. The van der Waals surface area contributed by atoms with Gasteiger partial charge in [0.25, 0.3) is 5.91 Å². The normalized spacial score (nSPS) is 16.3. The molecule has 0 unspecified atom stereocenters. The monoisotopic (exact) mass is 254 g/mol. The second kappa shape index (κ2) is 5.09. The SMILES string of the molecule is O=C1CCN(C(=O)c2cncc(Cl)n2)CCN1. The molecule has 7 heteroatoms. The number of halogens is 1. The van der Waals surface area contributed by atoms with E-state index in [1.54, 1.807) is 4.90 Å². The van der Waals surface area contributed by atoms with Crippen LogP contribution in [0.1, 0.15) is 16.9 Å². The highest BCUT2D eigenvalue weighted by atomic mass is 35.5. The molecule has 1 saturated heterocycles. The maximum atomic E-state index is 12.0. The lowest BCUT2D eigenvalue weighted by atomic mass is 10.3. The zero-order chi connectivity index (χ0) is 12.3. The number of hydrogen-bond donors (Lipinski definition) is 1. The van der Waals surface area contributed by atoms with Gasteiger partial charge in [-0.15, -0.1) is 0 Å². The first-order chi connectivity index (χ1) is 8.16. The van der Waals surface area contributed by atoms with Gasteiger partial charge in [-0.1, -0.05) is 11.6 Å². The van der Waals surface area contributed by atoms with E-state index in [1.165, 1.54) is 12.4 Å². The van der Waals surface area contributed by atoms with Crippen LogP contribution in [0, 0.1) is 0 Å². The van der Waals surface area contributed by atoms with Gasteiger partial charge in [-0.2, -0.15) is 0 Å². The minimum atomic E-state index is -0.253. The molecule has 0 spiro atoms. The van der Waals surface area contributed by atoms with Crippen LogP contribution < -0.4 is 5.32 Å². The van der Waals surface area contributed by atoms with Crippen molar-refractivity contribution in [3.05, 3.63) is 23.2 Å². The molecule has 2 heterocycles. The van der Waals surface area contributed by atoms with Crippen molar-refractivity contribution in [3.8, 4) is 0 Å². The van der Waals surface area contributed by atoms with E-state index in [0.29, 0.717) is 26.1 Å². The first-order valence-electron chi connectivity index (χ1n) is 5.20. The Morgan fingerprint density at radius 3 is 3.00 bits per heavy atom. The molecule has 6 nitrogen and oxygen atoms in total. The van der Waals surface area contributed by atoms with Crippen molar-refractivity contribution in [2.75, 3.05) is 19.6 Å². The van der Waals surface area contributed by atoms with E-state index in [1.807, 2.05) is 0 Å². The lowest BCUT2D eigenvalue weighted by Gasteiger charge is -2.18. The Balaban J connectivity index is 2.11. The Bertz CT molecular complexity index is 452. The molecular formula is C10H11ClN4O2. The topological polar surface area (TPSA) is 75.2 Å². The van der Waals surface area contributed by atoms with Crippen molar-refractivity contribution in [1.29, 1.82) is 0 Å². The fourth-order valence-electron chi connectivity index (χ4n) is 1.58. The summed E-state index contributed by atoms with van der Waals surface area (Å²) in [6.07, 6.45) is 3.04. The molecule has 17 heavy (non-hydrogen) atoms. The van der Waals surface area contributed by atoms with Crippen LogP contribution >= 0.6 is 11.6 Å². The minimum Gasteiger partial charge on any atom is -0.354 e. The number of carbonyl (C=O) groups is 2. The molecule has 1 aliphatic heterocycles. The third kappa shape index (κ3) is 2.91. The van der Waals surface area contributed by atoms with Crippen molar-refractivity contribution in [2.24, 2.45) is 0 Å². The van der Waals surface area contributed by atoms with Gasteiger partial charge in [0.05, 0.1) is 12.4 Å². The van der Waals surface area contributed by atoms with Crippen molar-refractivity contribution >= 4 is 23.4 Å². The molecule has 1 fully saturated rings. The van der Waals surface area contributed by atoms with Gasteiger partial charge in [0.15, 0.2) is 0 Å². The fourth-order valence-corrected chi connectivity index (χ4v) is 1.72. The minimum absolute atomic E-state index is 0.0440. The standard InChI is InChI=1S/C10H11ClN4O2/c11-8-6-12-5-7(14-8)10(17)15-3-1-9(16)13-2-4-15/h5-6H,1-4H2,(H,13,16). The molecule has 2 rings (SSSR count). The van der Waals surface area contributed by atoms with Crippen LogP contribution in [0.3, 0.4) is 0 Å². The molecule has 0 radical (unpaired) electrons. The summed E-state index contributed by atoms with van der Waals surface area (Å²) in [5.41, 5.74) is 0.201. The molecule has 1 aromatic rings. The first-order valence-corrected chi connectivity index (χ1v) is 5.58. The maximum absolute atomic E-state index is 12.0. The van der Waals surface area contributed by atoms with Crippen molar-refractivity contribution in [2.45, 2.75) is 6.42 Å². The van der Waals surface area contributed by atoms with Gasteiger partial charge in [-0.3, -0.25) is 14.6 Å². The van der Waals surface area contributed by atoms with Crippen molar-refractivity contribution in [3.63, 3.8) is 0 Å². The Kier molecular flexibility index (Phi) is 3.53. The van der Waals surface area contributed by atoms with E-state index in [9.17, 15) is 9.59 Å². The summed E-state index contributed by atoms with van der Waals surface area (Å²) in [4.78, 5) is 32.5. The van der Waals surface area contributed by atoms with E-state index in [0.717, 1.165) is 0 Å². The summed E-state index contributed by atoms with van der Waals surface area (Å²) < 4.78 is 0. The third-order valence-electron chi connectivity index (χ3n) is 2.42.